The molecular formula is C10H11FN2O4. The second-order valence-electron chi connectivity index (χ2n) is 3.17. The molecule has 0 heterocycles. The zero-order valence-electron chi connectivity index (χ0n) is 8.77. The summed E-state index contributed by atoms with van der Waals surface area (Å²) >= 11 is 0. The quantitative estimate of drug-likeness (QED) is 0.650. The number of nitrogens with one attached hydrogen (secondary N) is 1. The summed E-state index contributed by atoms with van der Waals surface area (Å²) in [5.74, 6) is -2.33. The Morgan fingerprint density at radius 3 is 2.76 bits per heavy atom. The fraction of sp³-hybridized carbons (Fsp3) is 0.200. The van der Waals surface area contributed by atoms with Gasteiger partial charge in [0.2, 0.25) is 5.91 Å². The molecule has 0 aliphatic carbocycles. The molecule has 6 nitrogen and oxygen atoms in total. The van der Waals surface area contributed by atoms with Crippen molar-refractivity contribution in [2.75, 3.05) is 24.3 Å². The molecule has 1 aromatic rings. The molecular weight excluding hydrogens is 231 g/mol. The maximum atomic E-state index is 12.8. The van der Waals surface area contributed by atoms with Crippen LogP contribution in [0.3, 0.4) is 0 Å². The summed E-state index contributed by atoms with van der Waals surface area (Å²) in [5.41, 5.74) is 5.82. The van der Waals surface area contributed by atoms with Crippen LogP contribution in [0.1, 0.15) is 0 Å². The van der Waals surface area contributed by atoms with E-state index in [0.29, 0.717) is 0 Å². The Hall–Kier alpha value is -2.15. The van der Waals surface area contributed by atoms with Crippen LogP contribution in [0.25, 0.3) is 0 Å². The first-order valence-corrected chi connectivity index (χ1v) is 4.63. The van der Waals surface area contributed by atoms with Crippen LogP contribution >= 0.6 is 0 Å². The van der Waals surface area contributed by atoms with Gasteiger partial charge in [-0.1, -0.05) is 0 Å². The number of rotatable bonds is 5. The third-order valence-electron chi connectivity index (χ3n) is 1.75. The van der Waals surface area contributed by atoms with Gasteiger partial charge in [-0.05, 0) is 18.2 Å². The number of ether oxygens (including phenoxy) is 1. The summed E-state index contributed by atoms with van der Waals surface area (Å²) in [6, 6.07) is 3.53. The molecule has 0 saturated carbocycles. The zero-order valence-corrected chi connectivity index (χ0v) is 8.77. The number of carbonyl (C=O) groups is 2. The first-order valence-electron chi connectivity index (χ1n) is 4.63. The largest absolute Gasteiger partial charge is 0.480 e. The number of carboxylic acid groups (broad SMARTS) is 1. The number of benzene rings is 1. The number of hydrogen-bond donors (Lipinski definition) is 3. The second kappa shape index (κ2) is 5.80. The monoisotopic (exact) mass is 242 g/mol. The summed E-state index contributed by atoms with van der Waals surface area (Å²) in [6.45, 7) is -1.02. The van der Waals surface area contributed by atoms with E-state index in [0.717, 1.165) is 12.1 Å². The van der Waals surface area contributed by atoms with E-state index in [1.54, 1.807) is 0 Å². The fourth-order valence-corrected chi connectivity index (χ4v) is 1.05. The van der Waals surface area contributed by atoms with Crippen molar-refractivity contribution < 1.29 is 23.8 Å². The second-order valence-corrected chi connectivity index (χ2v) is 3.17. The summed E-state index contributed by atoms with van der Waals surface area (Å²) in [4.78, 5) is 21.4. The van der Waals surface area contributed by atoms with Crippen LogP contribution in [0.2, 0.25) is 0 Å². The molecule has 17 heavy (non-hydrogen) atoms. The zero-order chi connectivity index (χ0) is 12.8. The van der Waals surface area contributed by atoms with Gasteiger partial charge in [0.15, 0.2) is 0 Å². The highest BCUT2D eigenvalue weighted by Crippen LogP contribution is 2.18. The topological polar surface area (TPSA) is 102 Å². The normalized spacial score (nSPS) is 9.94. The van der Waals surface area contributed by atoms with Crippen LogP contribution in [0.5, 0.6) is 0 Å². The smallest absolute Gasteiger partial charge is 0.329 e. The molecule has 0 aromatic heterocycles. The molecule has 0 aliphatic heterocycles. The van der Waals surface area contributed by atoms with Gasteiger partial charge in [0, 0.05) is 0 Å². The van der Waals surface area contributed by atoms with Gasteiger partial charge in [-0.2, -0.15) is 0 Å². The van der Waals surface area contributed by atoms with Crippen LogP contribution in [-0.4, -0.2) is 30.2 Å². The summed E-state index contributed by atoms with van der Waals surface area (Å²) in [5, 5.41) is 10.6. The van der Waals surface area contributed by atoms with E-state index in [-0.39, 0.29) is 11.4 Å². The van der Waals surface area contributed by atoms with Crippen LogP contribution < -0.4 is 11.1 Å². The Morgan fingerprint density at radius 1 is 1.41 bits per heavy atom. The molecule has 1 rings (SSSR count). The lowest BCUT2D eigenvalue weighted by Crippen LogP contribution is -2.21. The molecule has 0 atom stereocenters. The van der Waals surface area contributed by atoms with Crippen LogP contribution in [0, 0.1) is 5.82 Å². The minimum absolute atomic E-state index is 0.119. The van der Waals surface area contributed by atoms with E-state index >= 15 is 0 Å². The molecule has 92 valence electrons. The molecule has 0 bridgehead atoms. The van der Waals surface area contributed by atoms with Crippen molar-refractivity contribution in [3.8, 4) is 0 Å². The van der Waals surface area contributed by atoms with Crippen LogP contribution in [-0.2, 0) is 14.3 Å². The average molecular weight is 242 g/mol. The van der Waals surface area contributed by atoms with Crippen molar-refractivity contribution in [2.24, 2.45) is 0 Å². The molecule has 1 amide bonds. The molecule has 0 fully saturated rings. The van der Waals surface area contributed by atoms with Gasteiger partial charge < -0.3 is 20.9 Å². The maximum absolute atomic E-state index is 12.8. The third kappa shape index (κ3) is 4.47. The summed E-state index contributed by atoms with van der Waals surface area (Å²) < 4.78 is 17.4. The van der Waals surface area contributed by atoms with Gasteiger partial charge in [0.1, 0.15) is 19.0 Å². The van der Waals surface area contributed by atoms with Crippen LogP contribution in [0.4, 0.5) is 15.8 Å². The SMILES string of the molecule is Nc1ccc(F)cc1NC(=O)COCC(=O)O. The van der Waals surface area contributed by atoms with Gasteiger partial charge in [-0.15, -0.1) is 0 Å². The number of anilines is 2. The molecule has 0 saturated heterocycles. The summed E-state index contributed by atoms with van der Waals surface area (Å²) in [6.07, 6.45) is 0. The molecule has 1 aromatic carbocycles. The Bertz CT molecular complexity index is 436. The van der Waals surface area contributed by atoms with E-state index in [1.807, 2.05) is 0 Å². The van der Waals surface area contributed by atoms with Gasteiger partial charge in [0.25, 0.3) is 0 Å². The Morgan fingerprint density at radius 2 is 2.12 bits per heavy atom. The molecule has 4 N–H and O–H groups in total. The van der Waals surface area contributed by atoms with E-state index in [2.05, 4.69) is 10.1 Å². The number of nitrogens with two attached hydrogens (primary N) is 1. The highest BCUT2D eigenvalue weighted by atomic mass is 19.1. The molecule has 0 spiro atoms. The average Bonchev–Trinajstić information content (AvgIpc) is 2.23. The minimum Gasteiger partial charge on any atom is -0.480 e. The Kier molecular flexibility index (Phi) is 4.41. The molecule has 0 radical (unpaired) electrons. The third-order valence-corrected chi connectivity index (χ3v) is 1.75. The Balaban J connectivity index is 2.50. The minimum atomic E-state index is -1.18. The standard InChI is InChI=1S/C10H11FN2O4/c11-6-1-2-7(12)8(3-6)13-9(14)4-17-5-10(15)16/h1-3H,4-5,12H2,(H,13,14)(H,15,16). The molecule has 0 unspecified atom stereocenters. The van der Waals surface area contributed by atoms with Crippen molar-refractivity contribution in [3.05, 3.63) is 24.0 Å². The van der Waals surface area contributed by atoms with Gasteiger partial charge in [-0.25, -0.2) is 9.18 Å². The maximum Gasteiger partial charge on any atom is 0.329 e. The highest BCUT2D eigenvalue weighted by molar-refractivity contribution is 5.94. The van der Waals surface area contributed by atoms with Crippen LogP contribution in [0.15, 0.2) is 18.2 Å². The number of carbonyl (C=O) groups excluding carboxylic acids is 1. The van der Waals surface area contributed by atoms with E-state index in [9.17, 15) is 14.0 Å². The van der Waals surface area contributed by atoms with Gasteiger partial charge >= 0.3 is 5.97 Å². The lowest BCUT2D eigenvalue weighted by Gasteiger charge is -2.07. The number of nitrogen functional groups attached to an aromatic ring is 1. The lowest BCUT2D eigenvalue weighted by molar-refractivity contribution is -0.143. The van der Waals surface area contributed by atoms with E-state index in [4.69, 9.17) is 10.8 Å². The number of hydrogen-bond acceptors (Lipinski definition) is 4. The first-order chi connectivity index (χ1) is 7.99. The molecule has 0 aliphatic rings. The van der Waals surface area contributed by atoms with Crippen molar-refractivity contribution in [3.63, 3.8) is 0 Å². The van der Waals surface area contributed by atoms with Gasteiger partial charge in [-0.3, -0.25) is 4.79 Å². The first kappa shape index (κ1) is 12.9. The number of halogens is 1. The Labute approximate surface area is 96.2 Å². The number of carboxylic acids is 1. The van der Waals surface area contributed by atoms with Crippen molar-refractivity contribution >= 4 is 23.3 Å². The predicted octanol–water partition coefficient (Wildman–Crippen LogP) is 0.448. The number of aliphatic carboxylic acids is 1. The summed E-state index contributed by atoms with van der Waals surface area (Å²) in [7, 11) is 0. The van der Waals surface area contributed by atoms with Crippen molar-refractivity contribution in [1.82, 2.24) is 0 Å². The number of amides is 1. The lowest BCUT2D eigenvalue weighted by atomic mass is 10.2. The van der Waals surface area contributed by atoms with Gasteiger partial charge in [0.05, 0.1) is 11.4 Å². The fourth-order valence-electron chi connectivity index (χ4n) is 1.05. The van der Waals surface area contributed by atoms with Crippen molar-refractivity contribution in [2.45, 2.75) is 0 Å². The van der Waals surface area contributed by atoms with E-state index in [1.165, 1.54) is 6.07 Å². The van der Waals surface area contributed by atoms with Crippen molar-refractivity contribution in [1.29, 1.82) is 0 Å². The molecule has 7 heteroatoms. The highest BCUT2D eigenvalue weighted by Gasteiger charge is 2.07. The van der Waals surface area contributed by atoms with E-state index < -0.39 is 30.9 Å². The predicted molar refractivity (Wildman–Crippen MR) is 57.9 cm³/mol.